The molecule has 0 fully saturated rings. The van der Waals surface area contributed by atoms with E-state index in [-0.39, 0.29) is 6.42 Å². The van der Waals surface area contributed by atoms with E-state index in [1.807, 2.05) is 0 Å². The molecule has 0 amide bonds. The SMILES string of the molecule is Cn1nc(CF)c(C(F)(Cl)S(=O)(=O)C2=NOC(C)(C)C2)n1. The summed E-state index contributed by atoms with van der Waals surface area (Å²) < 4.78 is 48.7. The van der Waals surface area contributed by atoms with Gasteiger partial charge < -0.3 is 4.84 Å². The van der Waals surface area contributed by atoms with Gasteiger partial charge in [0.25, 0.3) is 9.84 Å². The molecular formula is C10H13ClF2N4O3S. The topological polar surface area (TPSA) is 86.4 Å². The van der Waals surface area contributed by atoms with Gasteiger partial charge in [0.1, 0.15) is 18.0 Å². The fraction of sp³-hybridized carbons (Fsp3) is 0.700. The molecule has 1 aromatic heterocycles. The predicted octanol–water partition coefficient (Wildman–Crippen LogP) is 1.53. The van der Waals surface area contributed by atoms with Gasteiger partial charge >= 0.3 is 4.46 Å². The first kappa shape index (κ1) is 16.1. The van der Waals surface area contributed by atoms with E-state index in [2.05, 4.69) is 15.4 Å². The molecule has 0 spiro atoms. The Balaban J connectivity index is 2.48. The second-order valence-corrected chi connectivity index (χ2v) is 7.94. The lowest BCUT2D eigenvalue weighted by molar-refractivity contribution is 0.0123. The lowest BCUT2D eigenvalue weighted by Crippen LogP contribution is -2.34. The Bertz CT molecular complexity index is 699. The standard InChI is InChI=1S/C10H13ClF2N4O3S/c1-9(2)4-7(16-20-9)21(18,19)10(11,13)8-6(5-12)14-17(3)15-8/h4-5H2,1-3H3. The van der Waals surface area contributed by atoms with Crippen molar-refractivity contribution in [1.29, 1.82) is 0 Å². The number of rotatable bonds is 3. The first-order chi connectivity index (χ1) is 9.51. The highest BCUT2D eigenvalue weighted by Gasteiger charge is 2.54. The summed E-state index contributed by atoms with van der Waals surface area (Å²) in [6, 6.07) is 0. The first-order valence-corrected chi connectivity index (χ1v) is 7.71. The van der Waals surface area contributed by atoms with Crippen molar-refractivity contribution in [3.8, 4) is 0 Å². The van der Waals surface area contributed by atoms with Crippen LogP contribution in [0.1, 0.15) is 31.7 Å². The van der Waals surface area contributed by atoms with Gasteiger partial charge in [-0.2, -0.15) is 15.0 Å². The summed E-state index contributed by atoms with van der Waals surface area (Å²) in [6.45, 7) is 1.97. The van der Waals surface area contributed by atoms with E-state index in [4.69, 9.17) is 16.4 Å². The fourth-order valence-corrected chi connectivity index (χ4v) is 3.58. The molecule has 1 aliphatic rings. The van der Waals surface area contributed by atoms with Crippen LogP contribution in [0.3, 0.4) is 0 Å². The van der Waals surface area contributed by atoms with Crippen LogP contribution in [0.25, 0.3) is 0 Å². The Kier molecular flexibility index (Phi) is 3.73. The number of alkyl halides is 3. The summed E-state index contributed by atoms with van der Waals surface area (Å²) >= 11 is 5.55. The van der Waals surface area contributed by atoms with Crippen LogP contribution < -0.4 is 0 Å². The molecule has 0 aromatic carbocycles. The third kappa shape index (κ3) is 2.61. The van der Waals surface area contributed by atoms with E-state index in [9.17, 15) is 17.2 Å². The molecule has 1 aliphatic heterocycles. The molecule has 0 aliphatic carbocycles. The molecule has 1 atom stereocenters. The molecule has 11 heteroatoms. The summed E-state index contributed by atoms with van der Waals surface area (Å²) in [5.74, 6) is 0. The molecule has 118 valence electrons. The van der Waals surface area contributed by atoms with Crippen LogP contribution in [0.2, 0.25) is 0 Å². The van der Waals surface area contributed by atoms with Gasteiger partial charge in [-0.15, -0.1) is 0 Å². The van der Waals surface area contributed by atoms with E-state index >= 15 is 0 Å². The Hall–Kier alpha value is -1.29. The monoisotopic (exact) mass is 342 g/mol. The zero-order valence-corrected chi connectivity index (χ0v) is 13.0. The quantitative estimate of drug-likeness (QED) is 0.777. The second kappa shape index (κ2) is 4.87. The third-order valence-corrected chi connectivity index (χ3v) is 5.30. The predicted molar refractivity (Wildman–Crippen MR) is 70.6 cm³/mol. The molecule has 1 unspecified atom stereocenters. The van der Waals surface area contributed by atoms with Gasteiger partial charge in [-0.1, -0.05) is 16.8 Å². The molecule has 0 saturated carbocycles. The summed E-state index contributed by atoms with van der Waals surface area (Å²) in [7, 11) is -3.45. The van der Waals surface area contributed by atoms with Crippen molar-refractivity contribution < 1.29 is 22.0 Å². The van der Waals surface area contributed by atoms with Gasteiger partial charge in [0.05, 0.1) is 0 Å². The number of hydrogen-bond donors (Lipinski definition) is 0. The van der Waals surface area contributed by atoms with Crippen molar-refractivity contribution in [1.82, 2.24) is 15.0 Å². The number of halogens is 3. The molecule has 0 saturated heterocycles. The highest BCUT2D eigenvalue weighted by molar-refractivity contribution is 8.08. The van der Waals surface area contributed by atoms with Crippen LogP contribution in [-0.4, -0.2) is 34.1 Å². The van der Waals surface area contributed by atoms with Crippen LogP contribution in [0.4, 0.5) is 8.78 Å². The number of aryl methyl sites for hydroxylation is 1. The average molecular weight is 343 g/mol. The molecule has 2 rings (SSSR count). The van der Waals surface area contributed by atoms with Crippen molar-refractivity contribution in [2.24, 2.45) is 12.2 Å². The molecule has 7 nitrogen and oxygen atoms in total. The highest BCUT2D eigenvalue weighted by atomic mass is 35.5. The first-order valence-electron chi connectivity index (χ1n) is 5.85. The van der Waals surface area contributed by atoms with Crippen LogP contribution >= 0.6 is 11.6 Å². The lowest BCUT2D eigenvalue weighted by atomic mass is 10.1. The normalized spacial score (nSPS) is 20.8. The number of aromatic nitrogens is 3. The number of nitrogens with zero attached hydrogens (tertiary/aromatic N) is 4. The van der Waals surface area contributed by atoms with Gasteiger partial charge in [-0.3, -0.25) is 0 Å². The van der Waals surface area contributed by atoms with Crippen molar-refractivity contribution in [2.45, 2.75) is 37.0 Å². The van der Waals surface area contributed by atoms with E-state index in [1.165, 1.54) is 7.05 Å². The van der Waals surface area contributed by atoms with Gasteiger partial charge in [0, 0.05) is 13.5 Å². The van der Waals surface area contributed by atoms with Crippen molar-refractivity contribution in [3.63, 3.8) is 0 Å². The Morgan fingerprint density at radius 3 is 2.57 bits per heavy atom. The lowest BCUT2D eigenvalue weighted by Gasteiger charge is -2.17. The van der Waals surface area contributed by atoms with E-state index in [1.54, 1.807) is 13.8 Å². The van der Waals surface area contributed by atoms with Crippen LogP contribution in [-0.2, 0) is 32.9 Å². The second-order valence-electron chi connectivity index (χ2n) is 5.15. The smallest absolute Gasteiger partial charge is 0.334 e. The largest absolute Gasteiger partial charge is 0.389 e. The molecule has 0 N–H and O–H groups in total. The Labute approximate surface area is 124 Å². The maximum absolute atomic E-state index is 14.7. The maximum Gasteiger partial charge on any atom is 0.334 e. The zero-order valence-electron chi connectivity index (χ0n) is 11.5. The molecule has 0 bridgehead atoms. The molecule has 1 aromatic rings. The van der Waals surface area contributed by atoms with E-state index < -0.39 is 43.0 Å². The summed E-state index contributed by atoms with van der Waals surface area (Å²) in [4.78, 5) is 5.74. The minimum atomic E-state index is -4.74. The zero-order chi connectivity index (χ0) is 16.1. The minimum Gasteiger partial charge on any atom is -0.389 e. The van der Waals surface area contributed by atoms with Crippen LogP contribution in [0.5, 0.6) is 0 Å². The number of sulfone groups is 1. The highest BCUT2D eigenvalue weighted by Crippen LogP contribution is 2.41. The van der Waals surface area contributed by atoms with Crippen LogP contribution in [0, 0.1) is 0 Å². The summed E-state index contributed by atoms with van der Waals surface area (Å²) in [6.07, 6.45) is -0.154. The van der Waals surface area contributed by atoms with Gasteiger partial charge in [-0.25, -0.2) is 17.2 Å². The van der Waals surface area contributed by atoms with Crippen molar-refractivity contribution in [2.75, 3.05) is 0 Å². The molecule has 0 radical (unpaired) electrons. The van der Waals surface area contributed by atoms with Crippen molar-refractivity contribution in [3.05, 3.63) is 11.4 Å². The van der Waals surface area contributed by atoms with Gasteiger partial charge in [0.15, 0.2) is 10.7 Å². The molecule has 21 heavy (non-hydrogen) atoms. The number of oxime groups is 1. The minimum absolute atomic E-state index is 0.154. The van der Waals surface area contributed by atoms with E-state index in [0.29, 0.717) is 0 Å². The van der Waals surface area contributed by atoms with Crippen molar-refractivity contribution >= 4 is 26.5 Å². The maximum atomic E-state index is 14.7. The van der Waals surface area contributed by atoms with Gasteiger partial charge in [0.2, 0.25) is 0 Å². The number of hydrogen-bond acceptors (Lipinski definition) is 6. The Morgan fingerprint density at radius 1 is 1.48 bits per heavy atom. The average Bonchev–Trinajstić information content (AvgIpc) is 2.92. The summed E-state index contributed by atoms with van der Waals surface area (Å²) in [5.41, 5.74) is -2.18. The molecular weight excluding hydrogens is 330 g/mol. The molecule has 2 heterocycles. The van der Waals surface area contributed by atoms with Crippen LogP contribution in [0.15, 0.2) is 5.16 Å². The third-order valence-electron chi connectivity index (χ3n) is 2.80. The van der Waals surface area contributed by atoms with E-state index in [0.717, 1.165) is 4.80 Å². The van der Waals surface area contributed by atoms with Gasteiger partial charge in [-0.05, 0) is 13.8 Å². The summed E-state index contributed by atoms with van der Waals surface area (Å²) in [5, 5.41) is 9.86. The Morgan fingerprint density at radius 2 is 2.10 bits per heavy atom. The fourth-order valence-electron chi connectivity index (χ4n) is 1.79.